The maximum Gasteiger partial charge on any atom is 0.248 e. The number of carbonyl (C=O) groups excluding carboxylic acids is 2. The summed E-state index contributed by atoms with van der Waals surface area (Å²) in [4.78, 5) is 27.9. The minimum atomic E-state index is -0.346. The second-order valence-electron chi connectivity index (χ2n) is 9.94. The van der Waals surface area contributed by atoms with Gasteiger partial charge in [0.15, 0.2) is 0 Å². The van der Waals surface area contributed by atoms with E-state index in [-0.39, 0.29) is 17.1 Å². The third-order valence-corrected chi connectivity index (χ3v) is 9.68. The molecule has 1 aromatic heterocycles. The molecule has 0 aliphatic heterocycles. The summed E-state index contributed by atoms with van der Waals surface area (Å²) in [5, 5.41) is 16.2. The number of thiophene rings is 1. The molecule has 0 fully saturated rings. The highest BCUT2D eigenvalue weighted by atomic mass is 32.2. The summed E-state index contributed by atoms with van der Waals surface area (Å²) in [7, 11) is 0. The van der Waals surface area contributed by atoms with Crippen LogP contribution >= 0.6 is 23.1 Å². The van der Waals surface area contributed by atoms with Crippen molar-refractivity contribution >= 4 is 51.7 Å². The predicted octanol–water partition coefficient (Wildman–Crippen LogP) is 8.05. The lowest BCUT2D eigenvalue weighted by molar-refractivity contribution is -0.115. The molecule has 0 radical (unpaired) electrons. The number of amides is 2. The fraction of sp³-hybridized carbons (Fsp3) is 0.206. The number of nitriles is 1. The zero-order valence-electron chi connectivity index (χ0n) is 22.8. The Morgan fingerprint density at radius 1 is 1.05 bits per heavy atom. The summed E-state index contributed by atoms with van der Waals surface area (Å²) in [6.45, 7) is 1.98. The first kappa shape index (κ1) is 28.4. The van der Waals surface area contributed by atoms with Crippen molar-refractivity contribution in [3.05, 3.63) is 118 Å². The number of nitrogens with one attached hydrogen (secondary N) is 2. The van der Waals surface area contributed by atoms with Gasteiger partial charge in [-0.3, -0.25) is 9.59 Å². The molecule has 2 N–H and O–H groups in total. The van der Waals surface area contributed by atoms with Crippen molar-refractivity contribution in [1.29, 1.82) is 5.26 Å². The zero-order chi connectivity index (χ0) is 28.6. The van der Waals surface area contributed by atoms with Crippen LogP contribution in [0.5, 0.6) is 0 Å². The van der Waals surface area contributed by atoms with Gasteiger partial charge in [-0.1, -0.05) is 73.7 Å². The average molecular weight is 578 g/mol. The van der Waals surface area contributed by atoms with E-state index in [0.29, 0.717) is 28.6 Å². The summed E-state index contributed by atoms with van der Waals surface area (Å²) in [6, 6.07) is 30.0. The molecule has 2 atom stereocenters. The van der Waals surface area contributed by atoms with Crippen LogP contribution in [0.2, 0.25) is 0 Å². The molecule has 7 heteroatoms. The van der Waals surface area contributed by atoms with Crippen molar-refractivity contribution in [2.75, 3.05) is 10.6 Å². The standard InChI is InChI=1S/C34H31N3O2S2/c1-2-30(40-27-15-9-14-26(21-27)36-32(38)19-16-23-10-5-3-6-11-23)33(39)37-34-29(22-35)28-18-17-25(20-31(28)41-34)24-12-7-4-8-13-24/h3-16,19,21,25,30H,2,17-18,20H2,1H3,(H,36,38)(H,37,39)/b19-16+. The Kier molecular flexibility index (Phi) is 9.35. The Labute approximate surface area is 249 Å². The second-order valence-corrected chi connectivity index (χ2v) is 12.3. The molecule has 1 heterocycles. The van der Waals surface area contributed by atoms with Crippen molar-refractivity contribution in [3.8, 4) is 6.07 Å². The quantitative estimate of drug-likeness (QED) is 0.156. The fourth-order valence-electron chi connectivity index (χ4n) is 5.05. The van der Waals surface area contributed by atoms with Crippen LogP contribution in [-0.2, 0) is 22.4 Å². The van der Waals surface area contributed by atoms with E-state index in [1.165, 1.54) is 28.3 Å². The smallest absolute Gasteiger partial charge is 0.248 e. The fourth-order valence-corrected chi connectivity index (χ4v) is 7.34. The molecule has 4 aromatic rings. The summed E-state index contributed by atoms with van der Waals surface area (Å²) >= 11 is 3.00. The molecule has 206 valence electrons. The van der Waals surface area contributed by atoms with Gasteiger partial charge < -0.3 is 10.6 Å². The maximum atomic E-state index is 13.4. The third-order valence-electron chi connectivity index (χ3n) is 7.15. The summed E-state index contributed by atoms with van der Waals surface area (Å²) in [5.41, 5.74) is 4.64. The molecule has 1 aliphatic carbocycles. The van der Waals surface area contributed by atoms with Crippen molar-refractivity contribution in [2.45, 2.75) is 48.7 Å². The number of hydrogen-bond donors (Lipinski definition) is 2. The van der Waals surface area contributed by atoms with E-state index < -0.39 is 0 Å². The van der Waals surface area contributed by atoms with E-state index in [9.17, 15) is 14.9 Å². The first-order chi connectivity index (χ1) is 20.0. The number of hydrogen-bond acceptors (Lipinski definition) is 5. The predicted molar refractivity (Wildman–Crippen MR) is 169 cm³/mol. The zero-order valence-corrected chi connectivity index (χ0v) is 24.4. The van der Waals surface area contributed by atoms with Crippen LogP contribution in [0.25, 0.3) is 6.08 Å². The van der Waals surface area contributed by atoms with E-state index in [0.717, 1.165) is 35.3 Å². The molecule has 0 bridgehead atoms. The molecule has 2 amide bonds. The molecule has 41 heavy (non-hydrogen) atoms. The molecule has 5 nitrogen and oxygen atoms in total. The van der Waals surface area contributed by atoms with E-state index in [2.05, 4.69) is 41.0 Å². The van der Waals surface area contributed by atoms with Crippen molar-refractivity contribution in [1.82, 2.24) is 0 Å². The monoisotopic (exact) mass is 577 g/mol. The van der Waals surface area contributed by atoms with Gasteiger partial charge in [0.05, 0.1) is 10.8 Å². The largest absolute Gasteiger partial charge is 0.322 e. The van der Waals surface area contributed by atoms with Gasteiger partial charge in [-0.15, -0.1) is 23.1 Å². The van der Waals surface area contributed by atoms with E-state index in [1.807, 2.05) is 67.6 Å². The second kappa shape index (κ2) is 13.5. The van der Waals surface area contributed by atoms with E-state index in [1.54, 1.807) is 17.4 Å². The number of nitrogens with zero attached hydrogens (tertiary/aromatic N) is 1. The lowest BCUT2D eigenvalue weighted by Crippen LogP contribution is -2.24. The molecule has 2 unspecified atom stereocenters. The van der Waals surface area contributed by atoms with Crippen molar-refractivity contribution < 1.29 is 9.59 Å². The number of carbonyl (C=O) groups is 2. The number of anilines is 2. The number of thioether (sulfide) groups is 1. The van der Waals surface area contributed by atoms with E-state index in [4.69, 9.17) is 0 Å². The summed E-state index contributed by atoms with van der Waals surface area (Å²) in [6.07, 6.45) is 6.63. The normalized spacial score (nSPS) is 15.1. The third kappa shape index (κ3) is 7.15. The Morgan fingerprint density at radius 2 is 1.80 bits per heavy atom. The minimum Gasteiger partial charge on any atom is -0.322 e. The minimum absolute atomic E-state index is 0.118. The average Bonchev–Trinajstić information content (AvgIpc) is 3.36. The lowest BCUT2D eigenvalue weighted by Gasteiger charge is -2.22. The van der Waals surface area contributed by atoms with Gasteiger partial charge in [0.25, 0.3) is 0 Å². The van der Waals surface area contributed by atoms with Crippen LogP contribution in [0.15, 0.2) is 95.9 Å². The van der Waals surface area contributed by atoms with Gasteiger partial charge in [0.1, 0.15) is 11.1 Å². The van der Waals surface area contributed by atoms with Gasteiger partial charge in [0, 0.05) is 21.5 Å². The first-order valence-electron chi connectivity index (χ1n) is 13.7. The van der Waals surface area contributed by atoms with Gasteiger partial charge in [-0.25, -0.2) is 0 Å². The molecule has 3 aromatic carbocycles. The highest BCUT2D eigenvalue weighted by Gasteiger charge is 2.28. The number of rotatable bonds is 9. The first-order valence-corrected chi connectivity index (χ1v) is 15.4. The van der Waals surface area contributed by atoms with Crippen molar-refractivity contribution in [2.24, 2.45) is 0 Å². The number of fused-ring (bicyclic) bond motifs is 1. The van der Waals surface area contributed by atoms with Gasteiger partial charge in [-0.05, 0) is 72.6 Å². The summed E-state index contributed by atoms with van der Waals surface area (Å²) < 4.78 is 0. The molecule has 1 aliphatic rings. The van der Waals surface area contributed by atoms with Crippen LogP contribution in [0.3, 0.4) is 0 Å². The van der Waals surface area contributed by atoms with Crippen LogP contribution < -0.4 is 10.6 Å². The molecular weight excluding hydrogens is 547 g/mol. The molecule has 0 saturated carbocycles. The van der Waals surface area contributed by atoms with Crippen molar-refractivity contribution in [3.63, 3.8) is 0 Å². The van der Waals surface area contributed by atoms with Crippen LogP contribution in [0, 0.1) is 11.3 Å². The van der Waals surface area contributed by atoms with Crippen LogP contribution in [-0.4, -0.2) is 17.1 Å². The number of benzene rings is 3. The Hall–Kier alpha value is -4.12. The maximum absolute atomic E-state index is 13.4. The Bertz CT molecular complexity index is 1590. The van der Waals surface area contributed by atoms with Gasteiger partial charge in [0.2, 0.25) is 11.8 Å². The SMILES string of the molecule is CCC(Sc1cccc(NC(=O)/C=C/c2ccccc2)c1)C(=O)Nc1sc2c(c1C#N)CCC(c1ccccc1)C2. The Balaban J connectivity index is 1.23. The van der Waals surface area contributed by atoms with Gasteiger partial charge >= 0.3 is 0 Å². The molecular formula is C34H31N3O2S2. The van der Waals surface area contributed by atoms with Crippen LogP contribution in [0.4, 0.5) is 10.7 Å². The topological polar surface area (TPSA) is 82.0 Å². The Morgan fingerprint density at radius 3 is 2.54 bits per heavy atom. The highest BCUT2D eigenvalue weighted by molar-refractivity contribution is 8.00. The molecule has 0 spiro atoms. The molecule has 5 rings (SSSR count). The van der Waals surface area contributed by atoms with Crippen LogP contribution in [0.1, 0.15) is 52.8 Å². The lowest BCUT2D eigenvalue weighted by atomic mass is 9.83. The van der Waals surface area contributed by atoms with E-state index >= 15 is 0 Å². The molecule has 0 saturated heterocycles. The summed E-state index contributed by atoms with van der Waals surface area (Å²) in [5.74, 6) is 0.0893. The van der Waals surface area contributed by atoms with Gasteiger partial charge in [-0.2, -0.15) is 5.26 Å². The highest BCUT2D eigenvalue weighted by Crippen LogP contribution is 2.42.